The molecule has 120 valence electrons. The van der Waals surface area contributed by atoms with Gasteiger partial charge < -0.3 is 5.32 Å². The van der Waals surface area contributed by atoms with E-state index in [2.05, 4.69) is 21.2 Å². The summed E-state index contributed by atoms with van der Waals surface area (Å²) in [6, 6.07) is 9.86. The molecule has 0 fully saturated rings. The minimum absolute atomic E-state index is 0.117. The largest absolute Gasteiger partial charge is 0.416 e. The van der Waals surface area contributed by atoms with Gasteiger partial charge in [-0.05, 0) is 48.0 Å². The molecule has 7 heteroatoms. The van der Waals surface area contributed by atoms with Crippen molar-refractivity contribution >= 4 is 45.2 Å². The maximum atomic E-state index is 12.7. The van der Waals surface area contributed by atoms with Gasteiger partial charge >= 0.3 is 6.18 Å². The van der Waals surface area contributed by atoms with Crippen LogP contribution in [0.5, 0.6) is 0 Å². The highest BCUT2D eigenvalue weighted by Crippen LogP contribution is 2.32. The van der Waals surface area contributed by atoms with Crippen LogP contribution in [-0.2, 0) is 11.0 Å². The van der Waals surface area contributed by atoms with Gasteiger partial charge in [-0.1, -0.05) is 33.6 Å². The predicted octanol–water partition coefficient (Wildman–Crippen LogP) is 5.77. The van der Waals surface area contributed by atoms with Crippen molar-refractivity contribution in [3.8, 4) is 0 Å². The summed E-state index contributed by atoms with van der Waals surface area (Å²) in [6.45, 7) is 0. The Morgan fingerprint density at radius 3 is 2.57 bits per heavy atom. The predicted molar refractivity (Wildman–Crippen MR) is 88.3 cm³/mol. The molecule has 2 aromatic rings. The monoisotopic (exact) mass is 403 g/mol. The lowest BCUT2D eigenvalue weighted by atomic mass is 10.1. The molecule has 1 N–H and O–H groups in total. The molecule has 2 nitrogen and oxygen atoms in total. The van der Waals surface area contributed by atoms with Crippen LogP contribution in [0.1, 0.15) is 11.1 Å². The Morgan fingerprint density at radius 1 is 1.17 bits per heavy atom. The average Bonchev–Trinajstić information content (AvgIpc) is 2.45. The number of benzene rings is 2. The standard InChI is InChI=1S/C16H10BrClF3NO/c17-12-2-1-3-13(9-12)22-15(23)7-4-10-8-11(16(19,20)21)5-6-14(10)18/h1-9H,(H,22,23)/b7-4+. The molecule has 2 aromatic carbocycles. The van der Waals surface area contributed by atoms with E-state index in [1.54, 1.807) is 24.3 Å². The molecule has 0 saturated carbocycles. The molecule has 23 heavy (non-hydrogen) atoms. The van der Waals surface area contributed by atoms with Gasteiger partial charge in [-0.3, -0.25) is 4.79 Å². The van der Waals surface area contributed by atoms with Crippen LogP contribution in [0.2, 0.25) is 5.02 Å². The fraction of sp³-hybridized carbons (Fsp3) is 0.0625. The van der Waals surface area contributed by atoms with E-state index in [4.69, 9.17) is 11.6 Å². The highest BCUT2D eigenvalue weighted by Gasteiger charge is 2.30. The zero-order chi connectivity index (χ0) is 17.0. The number of carbonyl (C=O) groups excluding carboxylic acids is 1. The van der Waals surface area contributed by atoms with E-state index in [0.29, 0.717) is 5.69 Å². The van der Waals surface area contributed by atoms with E-state index in [-0.39, 0.29) is 10.6 Å². The summed E-state index contributed by atoms with van der Waals surface area (Å²) >= 11 is 9.12. The topological polar surface area (TPSA) is 29.1 Å². The second-order valence-corrected chi connectivity index (χ2v) is 5.89. The van der Waals surface area contributed by atoms with Crippen molar-refractivity contribution in [1.82, 2.24) is 0 Å². The molecule has 2 rings (SSSR count). The Bertz CT molecular complexity index is 759. The van der Waals surface area contributed by atoms with E-state index >= 15 is 0 Å². The number of halogens is 5. The van der Waals surface area contributed by atoms with E-state index in [0.717, 1.165) is 28.7 Å². The lowest BCUT2D eigenvalue weighted by Gasteiger charge is -2.08. The first-order valence-electron chi connectivity index (χ1n) is 6.37. The van der Waals surface area contributed by atoms with Crippen molar-refractivity contribution in [2.75, 3.05) is 5.32 Å². The second kappa shape index (κ2) is 7.19. The molecule has 0 heterocycles. The highest BCUT2D eigenvalue weighted by molar-refractivity contribution is 9.10. The van der Waals surface area contributed by atoms with Crippen LogP contribution in [0, 0.1) is 0 Å². The van der Waals surface area contributed by atoms with Gasteiger partial charge in [-0.2, -0.15) is 13.2 Å². The van der Waals surface area contributed by atoms with E-state index < -0.39 is 17.6 Å². The van der Waals surface area contributed by atoms with Gasteiger partial charge in [0.2, 0.25) is 5.91 Å². The van der Waals surface area contributed by atoms with Gasteiger partial charge in [-0.25, -0.2) is 0 Å². The smallest absolute Gasteiger partial charge is 0.322 e. The number of rotatable bonds is 3. The molecule has 0 bridgehead atoms. The van der Waals surface area contributed by atoms with E-state index in [9.17, 15) is 18.0 Å². The van der Waals surface area contributed by atoms with E-state index in [1.807, 2.05) is 0 Å². The first-order valence-corrected chi connectivity index (χ1v) is 7.54. The summed E-state index contributed by atoms with van der Waals surface area (Å²) in [6.07, 6.45) is -2.10. The Kier molecular flexibility index (Phi) is 5.49. The molecular formula is C16H10BrClF3NO. The summed E-state index contributed by atoms with van der Waals surface area (Å²) in [5.41, 5.74) is -0.149. The fourth-order valence-corrected chi connectivity index (χ4v) is 2.34. The maximum absolute atomic E-state index is 12.7. The number of hydrogen-bond donors (Lipinski definition) is 1. The van der Waals surface area contributed by atoms with Crippen LogP contribution in [0.4, 0.5) is 18.9 Å². The van der Waals surface area contributed by atoms with E-state index in [1.165, 1.54) is 6.08 Å². The van der Waals surface area contributed by atoms with Gasteiger partial charge in [0.15, 0.2) is 0 Å². The lowest BCUT2D eigenvalue weighted by Crippen LogP contribution is -2.07. The van der Waals surface area contributed by atoms with Gasteiger partial charge in [0, 0.05) is 21.3 Å². The van der Waals surface area contributed by atoms with Gasteiger partial charge in [0.05, 0.1) is 5.56 Å². The third-order valence-corrected chi connectivity index (χ3v) is 3.67. The van der Waals surface area contributed by atoms with Crippen LogP contribution in [0.3, 0.4) is 0 Å². The minimum atomic E-state index is -4.47. The molecule has 0 aromatic heterocycles. The van der Waals surface area contributed by atoms with Crippen molar-refractivity contribution in [3.05, 3.63) is 69.2 Å². The molecule has 0 saturated heterocycles. The van der Waals surface area contributed by atoms with Crippen LogP contribution >= 0.6 is 27.5 Å². The van der Waals surface area contributed by atoms with Crippen molar-refractivity contribution < 1.29 is 18.0 Å². The lowest BCUT2D eigenvalue weighted by molar-refractivity contribution is -0.137. The Hall–Kier alpha value is -1.79. The van der Waals surface area contributed by atoms with Crippen molar-refractivity contribution in [2.45, 2.75) is 6.18 Å². The molecule has 0 unspecified atom stereocenters. The molecule has 0 atom stereocenters. The average molecular weight is 405 g/mol. The van der Waals surface area contributed by atoms with Crippen LogP contribution in [0.15, 0.2) is 53.0 Å². The molecule has 0 aliphatic carbocycles. The molecule has 0 radical (unpaired) electrons. The number of amides is 1. The summed E-state index contributed by atoms with van der Waals surface area (Å²) in [7, 11) is 0. The normalized spacial score (nSPS) is 11.7. The number of anilines is 1. The first-order chi connectivity index (χ1) is 10.8. The second-order valence-electron chi connectivity index (χ2n) is 4.57. The quantitative estimate of drug-likeness (QED) is 0.646. The van der Waals surface area contributed by atoms with Gasteiger partial charge in [0.1, 0.15) is 0 Å². The molecule has 0 aliphatic rings. The molecule has 1 amide bonds. The zero-order valence-electron chi connectivity index (χ0n) is 11.5. The Balaban J connectivity index is 2.15. The fourth-order valence-electron chi connectivity index (χ4n) is 1.76. The number of hydrogen-bond acceptors (Lipinski definition) is 1. The van der Waals surface area contributed by atoms with Crippen LogP contribution in [-0.4, -0.2) is 5.91 Å². The van der Waals surface area contributed by atoms with Crippen molar-refractivity contribution in [2.24, 2.45) is 0 Å². The number of alkyl halides is 3. The highest BCUT2D eigenvalue weighted by atomic mass is 79.9. The minimum Gasteiger partial charge on any atom is -0.322 e. The molecular weight excluding hydrogens is 395 g/mol. The van der Waals surface area contributed by atoms with Gasteiger partial charge in [0.25, 0.3) is 0 Å². The Morgan fingerprint density at radius 2 is 1.91 bits per heavy atom. The van der Waals surface area contributed by atoms with Crippen LogP contribution in [0.25, 0.3) is 6.08 Å². The molecule has 0 spiro atoms. The molecule has 0 aliphatic heterocycles. The number of nitrogens with one attached hydrogen (secondary N) is 1. The summed E-state index contributed by atoms with van der Waals surface area (Å²) < 4.78 is 38.8. The van der Waals surface area contributed by atoms with Crippen molar-refractivity contribution in [3.63, 3.8) is 0 Å². The Labute approximate surface area is 144 Å². The third kappa shape index (κ3) is 5.11. The van der Waals surface area contributed by atoms with Gasteiger partial charge in [-0.15, -0.1) is 0 Å². The summed E-state index contributed by atoms with van der Waals surface area (Å²) in [5, 5.41) is 2.73. The van der Waals surface area contributed by atoms with Crippen molar-refractivity contribution in [1.29, 1.82) is 0 Å². The number of carbonyl (C=O) groups is 1. The van der Waals surface area contributed by atoms with Crippen LogP contribution < -0.4 is 5.32 Å². The zero-order valence-corrected chi connectivity index (χ0v) is 13.8. The third-order valence-electron chi connectivity index (χ3n) is 2.83. The summed E-state index contributed by atoms with van der Waals surface area (Å²) in [5.74, 6) is -0.475. The first kappa shape index (κ1) is 17.6. The SMILES string of the molecule is O=C(/C=C/c1cc(C(F)(F)F)ccc1Cl)Nc1cccc(Br)c1. The maximum Gasteiger partial charge on any atom is 0.416 e. The summed E-state index contributed by atoms with van der Waals surface area (Å²) in [4.78, 5) is 11.8.